The highest BCUT2D eigenvalue weighted by atomic mass is 16.5. The molecule has 0 aliphatic carbocycles. The Hall–Kier alpha value is -2.44. The number of nitrogens with zero attached hydrogens (tertiary/aromatic N) is 1. The average Bonchev–Trinajstić information content (AvgIpc) is 3.28. The number of esters is 1. The maximum Gasteiger partial charge on any atom is 0.314 e. The van der Waals surface area contributed by atoms with Crippen LogP contribution in [0.15, 0.2) is 12.1 Å². The fraction of sp³-hybridized carbons (Fsp3) is 0.619. The zero-order chi connectivity index (χ0) is 20.5. The molecule has 0 aromatic heterocycles. The Labute approximate surface area is 165 Å². The Kier molecular flexibility index (Phi) is 5.72. The molecule has 0 saturated carbocycles. The lowest BCUT2D eigenvalue weighted by molar-refractivity contribution is -0.157. The first-order valence-electron chi connectivity index (χ1n) is 9.77. The number of rotatable bonds is 7. The second kappa shape index (κ2) is 7.89. The molecule has 2 heterocycles. The van der Waals surface area contributed by atoms with Gasteiger partial charge in [-0.25, -0.2) is 0 Å². The van der Waals surface area contributed by atoms with E-state index in [1.54, 1.807) is 12.1 Å². The normalized spacial score (nSPS) is 25.5. The molecule has 3 rings (SSSR count). The highest BCUT2D eigenvalue weighted by Gasteiger charge is 2.61. The fourth-order valence-electron chi connectivity index (χ4n) is 4.84. The van der Waals surface area contributed by atoms with E-state index in [1.165, 1.54) is 21.3 Å². The van der Waals surface area contributed by atoms with E-state index in [0.717, 1.165) is 12.8 Å². The lowest BCUT2D eigenvalue weighted by Crippen LogP contribution is -2.45. The van der Waals surface area contributed by atoms with Gasteiger partial charge in [0.1, 0.15) is 5.75 Å². The van der Waals surface area contributed by atoms with Gasteiger partial charge in [-0.15, -0.1) is 0 Å². The fourth-order valence-corrected chi connectivity index (χ4v) is 4.84. The van der Waals surface area contributed by atoms with Crippen molar-refractivity contribution in [2.75, 3.05) is 27.9 Å². The van der Waals surface area contributed by atoms with Gasteiger partial charge >= 0.3 is 5.97 Å². The van der Waals surface area contributed by atoms with E-state index in [0.29, 0.717) is 42.3 Å². The van der Waals surface area contributed by atoms with E-state index in [-0.39, 0.29) is 24.0 Å². The van der Waals surface area contributed by atoms with Crippen molar-refractivity contribution in [1.29, 1.82) is 0 Å². The Morgan fingerprint density at radius 3 is 2.25 bits per heavy atom. The minimum Gasteiger partial charge on any atom is -0.496 e. The third-order valence-corrected chi connectivity index (χ3v) is 6.22. The molecule has 0 unspecified atom stereocenters. The van der Waals surface area contributed by atoms with Gasteiger partial charge in [0, 0.05) is 24.2 Å². The van der Waals surface area contributed by atoms with Crippen molar-refractivity contribution >= 4 is 11.9 Å². The molecule has 28 heavy (non-hydrogen) atoms. The van der Waals surface area contributed by atoms with E-state index in [1.807, 2.05) is 18.7 Å². The second-order valence-electron chi connectivity index (χ2n) is 7.30. The standard InChI is InChI=1S/C21H29NO6/c1-6-21(20(24)28-7-2)12-13-8-9-18(21)22(13)19(23)14-10-16(26-4)17(27-5)11-15(14)25-3/h10-11,13,18H,6-9,12H2,1-5H3/t13-,18+,21+/m1/s1. The SMILES string of the molecule is CCOC(=O)[C@@]1(CC)C[C@H]2CC[C@@H]1N2C(=O)c1cc(OC)c(OC)cc1OC. The van der Waals surface area contributed by atoms with Gasteiger partial charge in [-0.3, -0.25) is 9.59 Å². The molecule has 1 amide bonds. The number of amides is 1. The molecule has 0 N–H and O–H groups in total. The second-order valence-corrected chi connectivity index (χ2v) is 7.30. The van der Waals surface area contributed by atoms with E-state index in [4.69, 9.17) is 18.9 Å². The summed E-state index contributed by atoms with van der Waals surface area (Å²) in [7, 11) is 4.58. The summed E-state index contributed by atoms with van der Waals surface area (Å²) in [6.45, 7) is 4.15. The number of carbonyl (C=O) groups is 2. The van der Waals surface area contributed by atoms with Crippen molar-refractivity contribution in [1.82, 2.24) is 4.90 Å². The van der Waals surface area contributed by atoms with Crippen molar-refractivity contribution in [2.45, 2.75) is 51.6 Å². The predicted molar refractivity (Wildman–Crippen MR) is 103 cm³/mol. The molecule has 0 spiro atoms. The van der Waals surface area contributed by atoms with Crippen LogP contribution in [0.3, 0.4) is 0 Å². The Bertz CT molecular complexity index is 764. The summed E-state index contributed by atoms with van der Waals surface area (Å²) in [4.78, 5) is 28.2. The van der Waals surface area contributed by atoms with Crippen LogP contribution in [0.2, 0.25) is 0 Å². The zero-order valence-corrected chi connectivity index (χ0v) is 17.2. The van der Waals surface area contributed by atoms with E-state index in [9.17, 15) is 9.59 Å². The number of carbonyl (C=O) groups excluding carboxylic acids is 2. The molecule has 2 saturated heterocycles. The first kappa shape index (κ1) is 20.3. The highest BCUT2D eigenvalue weighted by molar-refractivity contribution is 5.99. The molecular formula is C21H29NO6. The van der Waals surface area contributed by atoms with Gasteiger partial charge in [-0.05, 0) is 32.6 Å². The summed E-state index contributed by atoms with van der Waals surface area (Å²) in [5.41, 5.74) is -0.217. The molecule has 3 atom stereocenters. The van der Waals surface area contributed by atoms with Gasteiger partial charge in [0.2, 0.25) is 0 Å². The maximum atomic E-state index is 13.5. The Balaban J connectivity index is 1.99. The van der Waals surface area contributed by atoms with Crippen molar-refractivity contribution in [3.8, 4) is 17.2 Å². The molecule has 1 aromatic rings. The first-order valence-corrected chi connectivity index (χ1v) is 9.77. The lowest BCUT2D eigenvalue weighted by Gasteiger charge is -2.34. The van der Waals surface area contributed by atoms with Crippen LogP contribution in [0.25, 0.3) is 0 Å². The quantitative estimate of drug-likeness (QED) is 0.665. The summed E-state index contributed by atoms with van der Waals surface area (Å²) < 4.78 is 21.5. The van der Waals surface area contributed by atoms with Crippen LogP contribution in [0.4, 0.5) is 0 Å². The predicted octanol–water partition coefficient (Wildman–Crippen LogP) is 3.05. The van der Waals surface area contributed by atoms with Gasteiger partial charge < -0.3 is 23.8 Å². The van der Waals surface area contributed by atoms with Crippen LogP contribution in [0, 0.1) is 5.41 Å². The zero-order valence-electron chi connectivity index (χ0n) is 17.2. The number of methoxy groups -OCH3 is 3. The van der Waals surface area contributed by atoms with Crippen LogP contribution in [0.5, 0.6) is 17.2 Å². The first-order chi connectivity index (χ1) is 13.5. The smallest absolute Gasteiger partial charge is 0.314 e. The van der Waals surface area contributed by atoms with Gasteiger partial charge in [0.05, 0.1) is 38.9 Å². The monoisotopic (exact) mass is 391 g/mol. The molecule has 7 heteroatoms. The van der Waals surface area contributed by atoms with Crippen LogP contribution >= 0.6 is 0 Å². The van der Waals surface area contributed by atoms with E-state index >= 15 is 0 Å². The number of hydrogen-bond acceptors (Lipinski definition) is 6. The molecular weight excluding hydrogens is 362 g/mol. The van der Waals surface area contributed by atoms with Crippen LogP contribution < -0.4 is 14.2 Å². The minimum atomic E-state index is -0.627. The Morgan fingerprint density at radius 1 is 1.04 bits per heavy atom. The van der Waals surface area contributed by atoms with Crippen molar-refractivity contribution in [2.24, 2.45) is 5.41 Å². The van der Waals surface area contributed by atoms with Gasteiger partial charge in [0.25, 0.3) is 5.91 Å². The summed E-state index contributed by atoms with van der Waals surface area (Å²) in [6.07, 6.45) is 3.00. The molecule has 1 aromatic carbocycles. The van der Waals surface area contributed by atoms with Gasteiger partial charge in [0.15, 0.2) is 11.5 Å². The minimum absolute atomic E-state index is 0.0275. The lowest BCUT2D eigenvalue weighted by atomic mass is 9.72. The number of benzene rings is 1. The Morgan fingerprint density at radius 2 is 1.68 bits per heavy atom. The third-order valence-electron chi connectivity index (χ3n) is 6.22. The van der Waals surface area contributed by atoms with E-state index in [2.05, 4.69) is 0 Å². The largest absolute Gasteiger partial charge is 0.496 e. The highest BCUT2D eigenvalue weighted by Crippen LogP contribution is 2.53. The molecule has 2 fully saturated rings. The molecule has 2 aliphatic rings. The van der Waals surface area contributed by atoms with Gasteiger partial charge in [-0.1, -0.05) is 6.92 Å². The van der Waals surface area contributed by atoms with Crippen molar-refractivity contribution in [3.05, 3.63) is 17.7 Å². The van der Waals surface area contributed by atoms with Crippen LogP contribution in [-0.2, 0) is 9.53 Å². The van der Waals surface area contributed by atoms with Crippen molar-refractivity contribution < 1.29 is 28.5 Å². The number of hydrogen-bond donors (Lipinski definition) is 0. The summed E-state index contributed by atoms with van der Waals surface area (Å²) in [6, 6.07) is 3.17. The number of fused-ring (bicyclic) bond motifs is 2. The van der Waals surface area contributed by atoms with Gasteiger partial charge in [-0.2, -0.15) is 0 Å². The van der Waals surface area contributed by atoms with Crippen LogP contribution in [0.1, 0.15) is 49.9 Å². The summed E-state index contributed by atoms with van der Waals surface area (Å²) in [5.74, 6) is 1.04. The third kappa shape index (κ3) is 2.97. The molecule has 2 bridgehead atoms. The van der Waals surface area contributed by atoms with Crippen LogP contribution in [-0.4, -0.2) is 56.8 Å². The van der Waals surface area contributed by atoms with Crippen molar-refractivity contribution in [3.63, 3.8) is 0 Å². The summed E-state index contributed by atoms with van der Waals surface area (Å²) in [5, 5.41) is 0. The molecule has 7 nitrogen and oxygen atoms in total. The summed E-state index contributed by atoms with van der Waals surface area (Å²) >= 11 is 0. The molecule has 154 valence electrons. The van der Waals surface area contributed by atoms with E-state index < -0.39 is 5.41 Å². The molecule has 0 radical (unpaired) electrons. The molecule has 2 aliphatic heterocycles. The maximum absolute atomic E-state index is 13.5. The number of ether oxygens (including phenoxy) is 4. The average molecular weight is 391 g/mol. The topological polar surface area (TPSA) is 74.3 Å².